The molecule has 0 aliphatic heterocycles. The van der Waals surface area contributed by atoms with Crippen molar-refractivity contribution in [3.05, 3.63) is 34.3 Å². The molecule has 0 heterocycles. The highest BCUT2D eigenvalue weighted by atomic mass is 35.5. The number of rotatable bonds is 2. The molecule has 0 fully saturated rings. The largest absolute Gasteiger partial charge is 0.416 e. The first-order valence-electron chi connectivity index (χ1n) is 4.05. The van der Waals surface area contributed by atoms with Gasteiger partial charge in [-0.15, -0.1) is 0 Å². The van der Waals surface area contributed by atoms with Crippen molar-refractivity contribution in [2.45, 2.75) is 18.7 Å². The third kappa shape index (κ3) is 3.05. The van der Waals surface area contributed by atoms with E-state index in [1.165, 1.54) is 0 Å². The van der Waals surface area contributed by atoms with Crippen molar-refractivity contribution >= 4 is 11.6 Å². The van der Waals surface area contributed by atoms with Crippen LogP contribution in [0.3, 0.4) is 0 Å². The van der Waals surface area contributed by atoms with Gasteiger partial charge in [0.1, 0.15) is 6.10 Å². The Hall–Kier alpha value is -0.880. The Morgan fingerprint density at radius 1 is 1.12 bits per heavy atom. The summed E-state index contributed by atoms with van der Waals surface area (Å²) in [7, 11) is 0. The lowest BCUT2D eigenvalue weighted by molar-refractivity contribution is -0.137. The van der Waals surface area contributed by atoms with Gasteiger partial charge in [-0.1, -0.05) is 11.6 Å². The van der Waals surface area contributed by atoms with E-state index < -0.39 is 29.8 Å². The molecule has 1 rings (SSSR count). The highest BCUT2D eigenvalue weighted by molar-refractivity contribution is 6.30. The topological polar surface area (TPSA) is 20.2 Å². The second-order valence-corrected chi connectivity index (χ2v) is 3.49. The van der Waals surface area contributed by atoms with E-state index >= 15 is 0 Å². The highest BCUT2D eigenvalue weighted by Gasteiger charge is 2.32. The lowest BCUT2D eigenvalue weighted by Crippen LogP contribution is -2.11. The van der Waals surface area contributed by atoms with Gasteiger partial charge in [-0.3, -0.25) is 0 Å². The standard InChI is InChI=1S/C9H6ClF5O/c10-6-2-4(7(16)8(11)12)1-5(3-6)9(13,14)15/h1-3,7-8,16H. The van der Waals surface area contributed by atoms with Gasteiger partial charge in [-0.2, -0.15) is 13.2 Å². The number of aliphatic hydroxyl groups excluding tert-OH is 1. The monoisotopic (exact) mass is 260 g/mol. The van der Waals surface area contributed by atoms with Crippen LogP contribution in [0, 0.1) is 0 Å². The lowest BCUT2D eigenvalue weighted by Gasteiger charge is -2.13. The Kier molecular flexibility index (Phi) is 3.75. The maximum Gasteiger partial charge on any atom is 0.416 e. The number of benzene rings is 1. The van der Waals surface area contributed by atoms with Crippen LogP contribution in [0.5, 0.6) is 0 Å². The number of hydrogen-bond acceptors (Lipinski definition) is 1. The molecule has 1 nitrogen and oxygen atoms in total. The molecule has 90 valence electrons. The molecular formula is C9H6ClF5O. The zero-order valence-corrected chi connectivity index (χ0v) is 8.36. The number of aliphatic hydroxyl groups is 1. The van der Waals surface area contributed by atoms with Crippen molar-refractivity contribution in [1.29, 1.82) is 0 Å². The molecule has 1 aromatic rings. The van der Waals surface area contributed by atoms with Crippen molar-refractivity contribution in [2.24, 2.45) is 0 Å². The van der Waals surface area contributed by atoms with Crippen molar-refractivity contribution in [3.63, 3.8) is 0 Å². The summed E-state index contributed by atoms with van der Waals surface area (Å²) in [5.74, 6) is 0. The van der Waals surface area contributed by atoms with E-state index in [-0.39, 0.29) is 5.02 Å². The van der Waals surface area contributed by atoms with Crippen molar-refractivity contribution in [2.75, 3.05) is 0 Å². The van der Waals surface area contributed by atoms with E-state index in [4.69, 9.17) is 16.7 Å². The van der Waals surface area contributed by atoms with Crippen LogP contribution in [-0.2, 0) is 6.18 Å². The second-order valence-electron chi connectivity index (χ2n) is 3.05. The van der Waals surface area contributed by atoms with Crippen LogP contribution in [-0.4, -0.2) is 11.5 Å². The summed E-state index contributed by atoms with van der Waals surface area (Å²) in [5.41, 5.74) is -1.73. The molecule has 7 heteroatoms. The van der Waals surface area contributed by atoms with E-state index in [0.717, 1.165) is 6.07 Å². The van der Waals surface area contributed by atoms with Gasteiger partial charge in [0, 0.05) is 5.02 Å². The van der Waals surface area contributed by atoms with E-state index in [0.29, 0.717) is 12.1 Å². The number of alkyl halides is 5. The van der Waals surface area contributed by atoms with Gasteiger partial charge in [0.15, 0.2) is 0 Å². The van der Waals surface area contributed by atoms with E-state index in [1.807, 2.05) is 0 Å². The molecule has 16 heavy (non-hydrogen) atoms. The molecule has 0 aromatic heterocycles. The van der Waals surface area contributed by atoms with Gasteiger partial charge in [0.2, 0.25) is 0 Å². The molecule has 0 saturated heterocycles. The average molecular weight is 261 g/mol. The van der Waals surface area contributed by atoms with Crippen LogP contribution in [0.1, 0.15) is 17.2 Å². The predicted octanol–water partition coefficient (Wildman–Crippen LogP) is 3.66. The number of hydrogen-bond donors (Lipinski definition) is 1. The third-order valence-corrected chi connectivity index (χ3v) is 2.05. The van der Waals surface area contributed by atoms with Gasteiger partial charge < -0.3 is 5.11 Å². The van der Waals surface area contributed by atoms with Crippen LogP contribution in [0.2, 0.25) is 5.02 Å². The summed E-state index contributed by atoms with van der Waals surface area (Å²) in [5, 5.41) is 8.58. The minimum absolute atomic E-state index is 0.357. The maximum atomic E-state index is 12.3. The fourth-order valence-corrected chi connectivity index (χ4v) is 1.34. The summed E-state index contributed by atoms with van der Waals surface area (Å²) in [6.45, 7) is 0. The van der Waals surface area contributed by atoms with E-state index in [1.54, 1.807) is 0 Å². The predicted molar refractivity (Wildman–Crippen MR) is 47.4 cm³/mol. The molecule has 0 bridgehead atoms. The molecule has 1 unspecified atom stereocenters. The number of halogens is 6. The summed E-state index contributed by atoms with van der Waals surface area (Å²) in [4.78, 5) is 0. The minimum Gasteiger partial charge on any atom is -0.382 e. The zero-order valence-electron chi connectivity index (χ0n) is 7.60. The Bertz CT molecular complexity index is 377. The van der Waals surface area contributed by atoms with E-state index in [2.05, 4.69) is 0 Å². The molecule has 1 aromatic carbocycles. The summed E-state index contributed by atoms with van der Waals surface area (Å²) >= 11 is 5.35. The molecule has 1 N–H and O–H groups in total. The molecule has 0 spiro atoms. The quantitative estimate of drug-likeness (QED) is 0.805. The summed E-state index contributed by atoms with van der Waals surface area (Å²) in [6.07, 6.45) is -10.1. The molecule has 0 aliphatic carbocycles. The second kappa shape index (κ2) is 4.55. The normalized spacial score (nSPS) is 14.2. The molecule has 1 atom stereocenters. The molecular weight excluding hydrogens is 255 g/mol. The first-order valence-corrected chi connectivity index (χ1v) is 4.43. The lowest BCUT2D eigenvalue weighted by atomic mass is 10.1. The Balaban J connectivity index is 3.18. The minimum atomic E-state index is -4.69. The highest BCUT2D eigenvalue weighted by Crippen LogP contribution is 2.34. The first-order chi connectivity index (χ1) is 7.21. The van der Waals surface area contributed by atoms with Crippen LogP contribution in [0.4, 0.5) is 22.0 Å². The van der Waals surface area contributed by atoms with Crippen LogP contribution in [0.25, 0.3) is 0 Å². The molecule has 0 radical (unpaired) electrons. The molecule has 0 aliphatic rings. The van der Waals surface area contributed by atoms with Crippen molar-refractivity contribution in [1.82, 2.24) is 0 Å². The van der Waals surface area contributed by atoms with Gasteiger partial charge >= 0.3 is 6.18 Å². The van der Waals surface area contributed by atoms with Gasteiger partial charge in [0.05, 0.1) is 5.56 Å². The maximum absolute atomic E-state index is 12.3. The summed E-state index contributed by atoms with van der Waals surface area (Å²) in [6, 6.07) is 1.92. The molecule has 0 amide bonds. The SMILES string of the molecule is OC(c1cc(Cl)cc(C(F)(F)F)c1)C(F)F. The Labute approximate surface area is 92.5 Å². The zero-order chi connectivity index (χ0) is 12.5. The first kappa shape index (κ1) is 13.2. The van der Waals surface area contributed by atoms with E-state index in [9.17, 15) is 22.0 Å². The van der Waals surface area contributed by atoms with Crippen LogP contribution < -0.4 is 0 Å². The van der Waals surface area contributed by atoms with Crippen LogP contribution >= 0.6 is 11.6 Å². The van der Waals surface area contributed by atoms with Gasteiger partial charge in [-0.05, 0) is 23.8 Å². The van der Waals surface area contributed by atoms with Gasteiger partial charge in [0.25, 0.3) is 6.43 Å². The average Bonchev–Trinajstić information content (AvgIpc) is 2.14. The summed E-state index contributed by atoms with van der Waals surface area (Å²) < 4.78 is 61.1. The van der Waals surface area contributed by atoms with Crippen LogP contribution in [0.15, 0.2) is 18.2 Å². The van der Waals surface area contributed by atoms with Crippen molar-refractivity contribution in [3.8, 4) is 0 Å². The van der Waals surface area contributed by atoms with Gasteiger partial charge in [-0.25, -0.2) is 8.78 Å². The third-order valence-electron chi connectivity index (χ3n) is 1.83. The fraction of sp³-hybridized carbons (Fsp3) is 0.333. The molecule has 0 saturated carbocycles. The smallest absolute Gasteiger partial charge is 0.382 e. The fourth-order valence-electron chi connectivity index (χ4n) is 1.09. The Morgan fingerprint density at radius 3 is 2.12 bits per heavy atom. The Morgan fingerprint density at radius 2 is 1.69 bits per heavy atom. The van der Waals surface area contributed by atoms with Crippen molar-refractivity contribution < 1.29 is 27.1 Å².